The van der Waals surface area contributed by atoms with Crippen LogP contribution in [0, 0.1) is 5.82 Å². The van der Waals surface area contributed by atoms with Crippen molar-refractivity contribution >= 4 is 29.1 Å². The highest BCUT2D eigenvalue weighted by Crippen LogP contribution is 2.15. The molecule has 126 valence electrons. The molecule has 0 aliphatic rings. The summed E-state index contributed by atoms with van der Waals surface area (Å²) in [6.45, 7) is 2.14. The minimum absolute atomic E-state index is 0.0558. The van der Waals surface area contributed by atoms with Gasteiger partial charge >= 0.3 is 0 Å². The van der Waals surface area contributed by atoms with Gasteiger partial charge in [-0.1, -0.05) is 30.7 Å². The molecule has 0 aliphatic heterocycles. The summed E-state index contributed by atoms with van der Waals surface area (Å²) in [5.74, 6) is -1.23. The van der Waals surface area contributed by atoms with Crippen LogP contribution in [0.4, 0.5) is 10.1 Å². The number of hydrogen-bond donors (Lipinski definition) is 2. The minimum Gasteiger partial charge on any atom is -0.348 e. The standard InChI is InChI=1S/C18H18ClFN2O2/c1-2-4-17(23)22-14-6-3-5-12(9-14)11-21-18(24)15-10-13(19)7-8-16(15)20/h3,5-10H,2,4,11H2,1H3,(H,21,24)(H,22,23). The van der Waals surface area contributed by atoms with Gasteiger partial charge in [0, 0.05) is 23.7 Å². The van der Waals surface area contributed by atoms with E-state index in [0.29, 0.717) is 17.1 Å². The molecule has 2 N–H and O–H groups in total. The Morgan fingerprint density at radius 3 is 2.71 bits per heavy atom. The summed E-state index contributed by atoms with van der Waals surface area (Å²) in [5, 5.41) is 5.72. The smallest absolute Gasteiger partial charge is 0.254 e. The molecule has 0 fully saturated rings. The van der Waals surface area contributed by atoms with Crippen molar-refractivity contribution in [3.8, 4) is 0 Å². The van der Waals surface area contributed by atoms with E-state index in [1.165, 1.54) is 12.1 Å². The Morgan fingerprint density at radius 2 is 1.96 bits per heavy atom. The molecule has 2 aromatic carbocycles. The molecular formula is C18H18ClFN2O2. The van der Waals surface area contributed by atoms with Gasteiger partial charge < -0.3 is 10.6 Å². The van der Waals surface area contributed by atoms with Crippen LogP contribution in [0.1, 0.15) is 35.7 Å². The van der Waals surface area contributed by atoms with Gasteiger partial charge in [-0.3, -0.25) is 9.59 Å². The van der Waals surface area contributed by atoms with Crippen LogP contribution < -0.4 is 10.6 Å². The molecule has 2 aromatic rings. The Bertz CT molecular complexity index is 750. The largest absolute Gasteiger partial charge is 0.348 e. The molecule has 24 heavy (non-hydrogen) atoms. The van der Waals surface area contributed by atoms with E-state index >= 15 is 0 Å². The Balaban J connectivity index is 2.00. The van der Waals surface area contributed by atoms with Crippen LogP contribution in [0.25, 0.3) is 0 Å². The Morgan fingerprint density at radius 1 is 1.17 bits per heavy atom. The molecule has 2 amide bonds. The van der Waals surface area contributed by atoms with Crippen LogP contribution in [-0.4, -0.2) is 11.8 Å². The molecular weight excluding hydrogens is 331 g/mol. The van der Waals surface area contributed by atoms with E-state index in [9.17, 15) is 14.0 Å². The first-order valence-corrected chi connectivity index (χ1v) is 7.99. The van der Waals surface area contributed by atoms with Crippen LogP contribution >= 0.6 is 11.6 Å². The maximum absolute atomic E-state index is 13.7. The third-order valence-corrected chi connectivity index (χ3v) is 3.55. The van der Waals surface area contributed by atoms with Gasteiger partial charge in [-0.2, -0.15) is 0 Å². The number of benzene rings is 2. The van der Waals surface area contributed by atoms with Crippen molar-refractivity contribution in [1.82, 2.24) is 5.32 Å². The van der Waals surface area contributed by atoms with E-state index < -0.39 is 11.7 Å². The number of nitrogens with one attached hydrogen (secondary N) is 2. The number of amides is 2. The Kier molecular flexibility index (Phi) is 6.32. The van der Waals surface area contributed by atoms with E-state index in [-0.39, 0.29) is 18.0 Å². The lowest BCUT2D eigenvalue weighted by Gasteiger charge is -2.09. The normalized spacial score (nSPS) is 10.3. The highest BCUT2D eigenvalue weighted by Gasteiger charge is 2.12. The summed E-state index contributed by atoms with van der Waals surface area (Å²) in [6, 6.07) is 11.0. The van der Waals surface area contributed by atoms with Gasteiger partial charge in [-0.15, -0.1) is 0 Å². The Labute approximate surface area is 145 Å². The minimum atomic E-state index is -0.627. The zero-order valence-corrected chi connectivity index (χ0v) is 14.0. The van der Waals surface area contributed by atoms with Crippen LogP contribution in [0.2, 0.25) is 5.02 Å². The second-order valence-corrected chi connectivity index (χ2v) is 5.74. The lowest BCUT2D eigenvalue weighted by atomic mass is 10.1. The summed E-state index contributed by atoms with van der Waals surface area (Å²) in [6.07, 6.45) is 1.22. The molecule has 0 aromatic heterocycles. The summed E-state index contributed by atoms with van der Waals surface area (Å²) in [7, 11) is 0. The van der Waals surface area contributed by atoms with Crippen LogP contribution in [-0.2, 0) is 11.3 Å². The molecule has 0 heterocycles. The zero-order valence-electron chi connectivity index (χ0n) is 13.2. The molecule has 0 saturated heterocycles. The number of carbonyl (C=O) groups is 2. The third kappa shape index (κ3) is 5.06. The SMILES string of the molecule is CCCC(=O)Nc1cccc(CNC(=O)c2cc(Cl)ccc2F)c1. The topological polar surface area (TPSA) is 58.2 Å². The summed E-state index contributed by atoms with van der Waals surface area (Å²) < 4.78 is 13.7. The maximum atomic E-state index is 13.7. The molecule has 0 spiro atoms. The van der Waals surface area contributed by atoms with Crippen molar-refractivity contribution in [3.63, 3.8) is 0 Å². The van der Waals surface area contributed by atoms with E-state index in [1.807, 2.05) is 13.0 Å². The molecule has 6 heteroatoms. The summed E-state index contributed by atoms with van der Waals surface area (Å²) >= 11 is 5.79. The lowest BCUT2D eigenvalue weighted by molar-refractivity contribution is -0.116. The van der Waals surface area contributed by atoms with E-state index in [1.54, 1.807) is 18.2 Å². The average molecular weight is 349 g/mol. The van der Waals surface area contributed by atoms with Crippen molar-refractivity contribution < 1.29 is 14.0 Å². The fraction of sp³-hybridized carbons (Fsp3) is 0.222. The van der Waals surface area contributed by atoms with Gasteiger partial charge in [0.15, 0.2) is 0 Å². The highest BCUT2D eigenvalue weighted by molar-refractivity contribution is 6.31. The van der Waals surface area contributed by atoms with Crippen LogP contribution in [0.15, 0.2) is 42.5 Å². The van der Waals surface area contributed by atoms with Gasteiger partial charge in [0.25, 0.3) is 5.91 Å². The van der Waals surface area contributed by atoms with E-state index in [2.05, 4.69) is 10.6 Å². The monoisotopic (exact) mass is 348 g/mol. The van der Waals surface area contributed by atoms with Crippen molar-refractivity contribution in [2.75, 3.05) is 5.32 Å². The first-order chi connectivity index (χ1) is 11.5. The van der Waals surface area contributed by atoms with E-state index in [0.717, 1.165) is 18.1 Å². The number of halogens is 2. The van der Waals surface area contributed by atoms with E-state index in [4.69, 9.17) is 11.6 Å². The first-order valence-electron chi connectivity index (χ1n) is 7.61. The second kappa shape index (κ2) is 8.45. The fourth-order valence-electron chi connectivity index (χ4n) is 2.16. The third-order valence-electron chi connectivity index (χ3n) is 3.31. The van der Waals surface area contributed by atoms with Crippen molar-refractivity contribution in [2.45, 2.75) is 26.3 Å². The van der Waals surface area contributed by atoms with Crippen LogP contribution in [0.5, 0.6) is 0 Å². The number of rotatable bonds is 6. The highest BCUT2D eigenvalue weighted by atomic mass is 35.5. The Hall–Kier alpha value is -2.40. The molecule has 0 radical (unpaired) electrons. The number of anilines is 1. The zero-order chi connectivity index (χ0) is 17.5. The average Bonchev–Trinajstić information content (AvgIpc) is 2.55. The fourth-order valence-corrected chi connectivity index (χ4v) is 2.33. The number of carbonyl (C=O) groups excluding carboxylic acids is 2. The summed E-state index contributed by atoms with van der Waals surface area (Å²) in [5.41, 5.74) is 1.35. The van der Waals surface area contributed by atoms with Gasteiger partial charge in [0.1, 0.15) is 5.82 Å². The molecule has 0 unspecified atom stereocenters. The molecule has 0 bridgehead atoms. The lowest BCUT2D eigenvalue weighted by Crippen LogP contribution is -2.24. The first kappa shape index (κ1) is 17.9. The molecule has 0 aliphatic carbocycles. The predicted octanol–water partition coefficient (Wildman–Crippen LogP) is 4.15. The van der Waals surface area contributed by atoms with Crippen molar-refractivity contribution in [2.24, 2.45) is 0 Å². The molecule has 0 atom stereocenters. The quantitative estimate of drug-likeness (QED) is 0.824. The second-order valence-electron chi connectivity index (χ2n) is 5.31. The van der Waals surface area contributed by atoms with Gasteiger partial charge in [0.2, 0.25) is 5.91 Å². The van der Waals surface area contributed by atoms with Gasteiger partial charge in [-0.25, -0.2) is 4.39 Å². The van der Waals surface area contributed by atoms with Crippen molar-refractivity contribution in [3.05, 3.63) is 64.4 Å². The molecule has 4 nitrogen and oxygen atoms in total. The maximum Gasteiger partial charge on any atom is 0.254 e. The van der Waals surface area contributed by atoms with Crippen LogP contribution in [0.3, 0.4) is 0 Å². The molecule has 2 rings (SSSR count). The summed E-state index contributed by atoms with van der Waals surface area (Å²) in [4.78, 5) is 23.7. The predicted molar refractivity (Wildman–Crippen MR) is 92.6 cm³/mol. The van der Waals surface area contributed by atoms with Crippen molar-refractivity contribution in [1.29, 1.82) is 0 Å². The van der Waals surface area contributed by atoms with Gasteiger partial charge in [-0.05, 0) is 42.3 Å². The van der Waals surface area contributed by atoms with Gasteiger partial charge in [0.05, 0.1) is 5.56 Å². The molecule has 0 saturated carbocycles. The number of hydrogen-bond acceptors (Lipinski definition) is 2.